The van der Waals surface area contributed by atoms with Crippen LogP contribution in [0.3, 0.4) is 0 Å². The minimum Gasteiger partial charge on any atom is -0.330 e. The van der Waals surface area contributed by atoms with Crippen LogP contribution in [-0.4, -0.2) is 13.1 Å². The zero-order valence-electron chi connectivity index (χ0n) is 4.80. The van der Waals surface area contributed by atoms with E-state index in [1.807, 2.05) is 0 Å². The summed E-state index contributed by atoms with van der Waals surface area (Å²) in [5, 5.41) is 0. The number of halogens is 2. The molecule has 0 saturated heterocycles. The van der Waals surface area contributed by atoms with Gasteiger partial charge in [0.1, 0.15) is 0 Å². The highest BCUT2D eigenvalue weighted by Crippen LogP contribution is 1.77. The van der Waals surface area contributed by atoms with Crippen molar-refractivity contribution >= 4 is 24.8 Å². The Morgan fingerprint density at radius 1 is 0.875 bits per heavy atom. The van der Waals surface area contributed by atoms with Gasteiger partial charge in [0, 0.05) is 0 Å². The summed E-state index contributed by atoms with van der Waals surface area (Å²) in [7, 11) is 0. The standard InChI is InChI=1S/C4H12N2.2ClH/c5-3-1-2-4-6;;/h1-6H2;2*1H/i3+2,4+2;;. The Morgan fingerprint density at radius 3 is 1.25 bits per heavy atom. The van der Waals surface area contributed by atoms with E-state index in [2.05, 4.69) is 0 Å². The van der Waals surface area contributed by atoms with Crippen molar-refractivity contribution in [1.29, 1.82) is 0 Å². The second-order valence-electron chi connectivity index (χ2n) is 1.28. The molecule has 4 N–H and O–H groups in total. The Bertz CT molecular complexity index is 24.0. The van der Waals surface area contributed by atoms with Gasteiger partial charge in [0.25, 0.3) is 0 Å². The van der Waals surface area contributed by atoms with E-state index in [4.69, 9.17) is 11.5 Å². The minimum atomic E-state index is 0. The first-order chi connectivity index (χ1) is 2.91. The lowest BCUT2D eigenvalue weighted by Gasteiger charge is -1.87. The van der Waals surface area contributed by atoms with Crippen molar-refractivity contribution < 1.29 is 0 Å². The lowest BCUT2D eigenvalue weighted by molar-refractivity contribution is 0.755. The largest absolute Gasteiger partial charge is 0.330 e. The second-order valence-corrected chi connectivity index (χ2v) is 1.28. The van der Waals surface area contributed by atoms with Crippen LogP contribution in [0.5, 0.6) is 0 Å². The van der Waals surface area contributed by atoms with Gasteiger partial charge in [-0.1, -0.05) is 0 Å². The van der Waals surface area contributed by atoms with Gasteiger partial charge in [0.2, 0.25) is 0 Å². The van der Waals surface area contributed by atoms with E-state index in [0.717, 1.165) is 25.9 Å². The number of unbranched alkanes of at least 4 members (excludes halogenated alkanes) is 1. The molecule has 0 aromatic rings. The maximum absolute atomic E-state index is 5.16. The van der Waals surface area contributed by atoms with E-state index < -0.39 is 0 Å². The molecule has 54 valence electrons. The van der Waals surface area contributed by atoms with Gasteiger partial charge in [0.15, 0.2) is 0 Å². The molecule has 0 aliphatic heterocycles. The second kappa shape index (κ2) is 15.6. The van der Waals surface area contributed by atoms with Crippen molar-refractivity contribution in [3.05, 3.63) is 0 Å². The lowest BCUT2D eigenvalue weighted by Crippen LogP contribution is -2.03. The highest BCUT2D eigenvalue weighted by molar-refractivity contribution is 5.85. The fraction of sp³-hybridized carbons (Fsp3) is 1.00. The molecule has 0 saturated carbocycles. The van der Waals surface area contributed by atoms with Crippen LogP contribution in [-0.2, 0) is 0 Å². The molecule has 0 bridgehead atoms. The average Bonchev–Trinajstić information content (AvgIpc) is 1.61. The molecule has 0 aromatic carbocycles. The van der Waals surface area contributed by atoms with Crippen LogP contribution in [0.15, 0.2) is 0 Å². The SMILES string of the molecule is Cl.Cl.N[14CH2]CC[14CH2]N. The summed E-state index contributed by atoms with van der Waals surface area (Å²) in [6.45, 7) is 1.55. The van der Waals surface area contributed by atoms with Crippen molar-refractivity contribution in [2.75, 3.05) is 13.1 Å². The van der Waals surface area contributed by atoms with E-state index in [9.17, 15) is 0 Å². The fourth-order valence-corrected chi connectivity index (χ4v) is 0.289. The predicted molar refractivity (Wildman–Crippen MR) is 41.8 cm³/mol. The third-order valence-electron chi connectivity index (χ3n) is 0.658. The van der Waals surface area contributed by atoms with E-state index in [1.165, 1.54) is 0 Å². The van der Waals surface area contributed by atoms with Crippen LogP contribution in [0.2, 0.25) is 0 Å². The van der Waals surface area contributed by atoms with Gasteiger partial charge in [0.05, 0.1) is 0 Å². The Morgan fingerprint density at radius 2 is 1.12 bits per heavy atom. The molecule has 0 rings (SSSR count). The summed E-state index contributed by atoms with van der Waals surface area (Å²) in [6, 6.07) is 0. The summed E-state index contributed by atoms with van der Waals surface area (Å²) in [5.41, 5.74) is 10.3. The fourth-order valence-electron chi connectivity index (χ4n) is 0.289. The normalized spacial score (nSPS) is 6.75. The average molecular weight is 165 g/mol. The first kappa shape index (κ1) is 15.8. The summed E-state index contributed by atoms with van der Waals surface area (Å²) < 4.78 is 0. The van der Waals surface area contributed by atoms with Crippen LogP contribution in [0.25, 0.3) is 0 Å². The summed E-state index contributed by atoms with van der Waals surface area (Å²) in [5.74, 6) is 0. The van der Waals surface area contributed by atoms with Gasteiger partial charge in [-0.05, 0) is 25.9 Å². The van der Waals surface area contributed by atoms with E-state index >= 15 is 0 Å². The Balaban J connectivity index is -0.000000125. The van der Waals surface area contributed by atoms with Crippen molar-refractivity contribution in [1.82, 2.24) is 0 Å². The van der Waals surface area contributed by atoms with Crippen LogP contribution in [0, 0.1) is 0 Å². The Labute approximate surface area is 62.8 Å². The molecule has 0 aliphatic rings. The molecule has 2 nitrogen and oxygen atoms in total. The minimum absolute atomic E-state index is 0. The molecule has 0 amide bonds. The molecule has 4 heteroatoms. The summed E-state index contributed by atoms with van der Waals surface area (Å²) in [6.07, 6.45) is 2.13. The van der Waals surface area contributed by atoms with E-state index in [1.54, 1.807) is 0 Å². The van der Waals surface area contributed by atoms with Crippen LogP contribution in [0.4, 0.5) is 0 Å². The molecular weight excluding hydrogens is 151 g/mol. The predicted octanol–water partition coefficient (Wildman–Crippen LogP) is 0.528. The topological polar surface area (TPSA) is 52.0 Å². The summed E-state index contributed by atoms with van der Waals surface area (Å²) in [4.78, 5) is 0. The van der Waals surface area contributed by atoms with Crippen molar-refractivity contribution in [3.63, 3.8) is 0 Å². The van der Waals surface area contributed by atoms with Crippen LogP contribution >= 0.6 is 24.8 Å². The van der Waals surface area contributed by atoms with E-state index in [0.29, 0.717) is 0 Å². The molecule has 0 aliphatic carbocycles. The highest BCUT2D eigenvalue weighted by Gasteiger charge is 1.75. The van der Waals surface area contributed by atoms with Gasteiger partial charge >= 0.3 is 0 Å². The molecule has 8 heavy (non-hydrogen) atoms. The van der Waals surface area contributed by atoms with Gasteiger partial charge in [-0.2, -0.15) is 0 Å². The molecular formula is C4H14Cl2N2. The molecule has 0 unspecified atom stereocenters. The Hall–Kier alpha value is 0.500. The quantitative estimate of drug-likeness (QED) is 0.599. The maximum Gasteiger partial charge on any atom is -0.00768 e. The van der Waals surface area contributed by atoms with Gasteiger partial charge in [-0.25, -0.2) is 0 Å². The Kier molecular flexibility index (Phi) is 30.9. The number of hydrogen-bond donors (Lipinski definition) is 2. The number of hydrogen-bond acceptors (Lipinski definition) is 2. The zero-order chi connectivity index (χ0) is 4.83. The molecule has 0 heterocycles. The monoisotopic (exact) mass is 164 g/mol. The van der Waals surface area contributed by atoms with Crippen LogP contribution < -0.4 is 11.5 Å². The summed E-state index contributed by atoms with van der Waals surface area (Å²) >= 11 is 0. The molecule has 0 spiro atoms. The molecule has 0 atom stereocenters. The first-order valence-corrected chi connectivity index (χ1v) is 2.32. The zero-order valence-corrected chi connectivity index (χ0v) is 6.43. The van der Waals surface area contributed by atoms with Crippen molar-refractivity contribution in [2.45, 2.75) is 12.8 Å². The van der Waals surface area contributed by atoms with Gasteiger partial charge in [-0.15, -0.1) is 24.8 Å². The smallest absolute Gasteiger partial charge is 0.00768 e. The third kappa shape index (κ3) is 16.1. The van der Waals surface area contributed by atoms with Crippen molar-refractivity contribution in [2.24, 2.45) is 11.5 Å². The van der Waals surface area contributed by atoms with E-state index in [-0.39, 0.29) is 24.8 Å². The van der Waals surface area contributed by atoms with Gasteiger partial charge in [-0.3, -0.25) is 0 Å². The molecule has 0 radical (unpaired) electrons. The van der Waals surface area contributed by atoms with Crippen molar-refractivity contribution in [3.8, 4) is 0 Å². The first-order valence-electron chi connectivity index (χ1n) is 2.32. The number of rotatable bonds is 3. The maximum atomic E-state index is 5.16. The lowest BCUT2D eigenvalue weighted by atomic mass is 10.7. The molecule has 0 fully saturated rings. The number of nitrogens with two attached hydrogens (primary N) is 2. The highest BCUT2D eigenvalue weighted by atomic mass is 35.5. The molecule has 0 aromatic heterocycles. The van der Waals surface area contributed by atoms with Gasteiger partial charge < -0.3 is 11.5 Å². The third-order valence-corrected chi connectivity index (χ3v) is 0.658. The van der Waals surface area contributed by atoms with Crippen LogP contribution in [0.1, 0.15) is 12.8 Å².